The van der Waals surface area contributed by atoms with Gasteiger partial charge in [-0.2, -0.15) is 4.98 Å². The minimum absolute atomic E-state index is 0.139. The van der Waals surface area contributed by atoms with Gasteiger partial charge < -0.3 is 9.42 Å². The molecule has 0 bridgehead atoms. The van der Waals surface area contributed by atoms with Gasteiger partial charge in [0.15, 0.2) is 5.82 Å². The Labute approximate surface area is 149 Å². The normalized spacial score (nSPS) is 30.4. The van der Waals surface area contributed by atoms with Gasteiger partial charge in [0.25, 0.3) is 0 Å². The Bertz CT molecular complexity index is 600. The van der Waals surface area contributed by atoms with E-state index >= 15 is 0 Å². The van der Waals surface area contributed by atoms with Crippen molar-refractivity contribution in [1.29, 1.82) is 0 Å². The second-order valence-electron chi connectivity index (χ2n) is 7.87. The molecule has 0 N–H and O–H groups in total. The highest BCUT2D eigenvalue weighted by Crippen LogP contribution is 2.36. The Morgan fingerprint density at radius 2 is 1.92 bits per heavy atom. The van der Waals surface area contributed by atoms with Gasteiger partial charge in [-0.15, -0.1) is 0 Å². The number of hydrogen-bond acceptors (Lipinski definition) is 5. The van der Waals surface area contributed by atoms with Gasteiger partial charge in [-0.05, 0) is 51.0 Å². The minimum Gasteiger partial charge on any atom is -0.339 e. The molecular weight excluding hydrogens is 316 g/mol. The van der Waals surface area contributed by atoms with Gasteiger partial charge in [0, 0.05) is 19.0 Å². The number of aryl methyl sites for hydroxylation is 1. The lowest BCUT2D eigenvalue weighted by atomic mass is 9.78. The highest BCUT2D eigenvalue weighted by Gasteiger charge is 2.38. The smallest absolute Gasteiger partial charge is 0.237 e. The molecule has 3 fully saturated rings. The molecule has 138 valence electrons. The molecule has 1 amide bonds. The SMILES string of the molecule is CCc1nc(C2CCCN2CC(=O)N2CCCC3CCCCC32)no1. The van der Waals surface area contributed by atoms with Crippen molar-refractivity contribution >= 4 is 5.91 Å². The van der Waals surface area contributed by atoms with Crippen molar-refractivity contribution in [2.24, 2.45) is 5.92 Å². The van der Waals surface area contributed by atoms with Crippen LogP contribution in [0.3, 0.4) is 0 Å². The standard InChI is InChI=1S/C19H30N4O2/c1-2-17-20-19(21-25-17)16-10-6-11-22(16)13-18(24)23-12-5-8-14-7-3-4-9-15(14)23/h14-16H,2-13H2,1H3. The fraction of sp³-hybridized carbons (Fsp3) is 0.842. The molecule has 0 radical (unpaired) electrons. The number of carbonyl (C=O) groups is 1. The van der Waals surface area contributed by atoms with Gasteiger partial charge in [0.2, 0.25) is 11.8 Å². The molecule has 6 heteroatoms. The highest BCUT2D eigenvalue weighted by molar-refractivity contribution is 5.79. The fourth-order valence-electron chi connectivity index (χ4n) is 5.05. The Morgan fingerprint density at radius 1 is 1.12 bits per heavy atom. The second-order valence-corrected chi connectivity index (χ2v) is 7.87. The largest absolute Gasteiger partial charge is 0.339 e. The quantitative estimate of drug-likeness (QED) is 0.839. The average Bonchev–Trinajstić information content (AvgIpc) is 3.30. The van der Waals surface area contributed by atoms with Crippen LogP contribution in [0.15, 0.2) is 4.52 Å². The molecule has 1 aliphatic carbocycles. The fourth-order valence-corrected chi connectivity index (χ4v) is 5.05. The molecule has 3 aliphatic rings. The summed E-state index contributed by atoms with van der Waals surface area (Å²) in [5.74, 6) is 2.50. The summed E-state index contributed by atoms with van der Waals surface area (Å²) in [7, 11) is 0. The van der Waals surface area contributed by atoms with Crippen LogP contribution in [0.25, 0.3) is 0 Å². The van der Waals surface area contributed by atoms with Crippen LogP contribution in [-0.2, 0) is 11.2 Å². The summed E-state index contributed by atoms with van der Waals surface area (Å²) in [4.78, 5) is 22.0. The minimum atomic E-state index is 0.139. The third-order valence-corrected chi connectivity index (χ3v) is 6.35. The number of hydrogen-bond donors (Lipinski definition) is 0. The number of amides is 1. The molecule has 1 aromatic rings. The maximum Gasteiger partial charge on any atom is 0.237 e. The molecule has 0 spiro atoms. The highest BCUT2D eigenvalue weighted by atomic mass is 16.5. The van der Waals surface area contributed by atoms with Crippen molar-refractivity contribution in [3.8, 4) is 0 Å². The molecule has 2 aliphatic heterocycles. The summed E-state index contributed by atoms with van der Waals surface area (Å²) >= 11 is 0. The number of likely N-dealkylation sites (tertiary alicyclic amines) is 2. The van der Waals surface area contributed by atoms with Crippen molar-refractivity contribution in [1.82, 2.24) is 19.9 Å². The van der Waals surface area contributed by atoms with Crippen molar-refractivity contribution in [2.75, 3.05) is 19.6 Å². The van der Waals surface area contributed by atoms with Crippen LogP contribution in [-0.4, -0.2) is 51.5 Å². The molecule has 3 heterocycles. The van der Waals surface area contributed by atoms with E-state index in [2.05, 4.69) is 19.9 Å². The van der Waals surface area contributed by atoms with Gasteiger partial charge in [-0.25, -0.2) is 0 Å². The third kappa shape index (κ3) is 3.46. The Hall–Kier alpha value is -1.43. The summed E-state index contributed by atoms with van der Waals surface area (Å²) < 4.78 is 5.28. The van der Waals surface area contributed by atoms with Crippen molar-refractivity contribution in [2.45, 2.75) is 76.8 Å². The molecule has 0 aromatic carbocycles. The maximum atomic E-state index is 13.1. The molecule has 1 saturated carbocycles. The van der Waals surface area contributed by atoms with E-state index in [1.54, 1.807) is 0 Å². The zero-order valence-electron chi connectivity index (χ0n) is 15.3. The van der Waals surface area contributed by atoms with Crippen LogP contribution in [0.5, 0.6) is 0 Å². The monoisotopic (exact) mass is 346 g/mol. The van der Waals surface area contributed by atoms with E-state index in [1.807, 2.05) is 6.92 Å². The molecular formula is C19H30N4O2. The third-order valence-electron chi connectivity index (χ3n) is 6.35. The zero-order valence-corrected chi connectivity index (χ0v) is 15.3. The summed E-state index contributed by atoms with van der Waals surface area (Å²) in [6, 6.07) is 0.632. The van der Waals surface area contributed by atoms with E-state index in [0.29, 0.717) is 24.4 Å². The maximum absolute atomic E-state index is 13.1. The van der Waals surface area contributed by atoms with Gasteiger partial charge in [0.05, 0.1) is 12.6 Å². The Balaban J connectivity index is 1.42. The first-order chi connectivity index (χ1) is 12.3. The van der Waals surface area contributed by atoms with Crippen molar-refractivity contribution in [3.63, 3.8) is 0 Å². The van der Waals surface area contributed by atoms with Crippen molar-refractivity contribution < 1.29 is 9.32 Å². The van der Waals surface area contributed by atoms with Crippen LogP contribution in [0, 0.1) is 5.92 Å². The van der Waals surface area contributed by atoms with Gasteiger partial charge >= 0.3 is 0 Å². The first-order valence-corrected chi connectivity index (χ1v) is 10.1. The van der Waals surface area contributed by atoms with E-state index in [1.165, 1.54) is 38.5 Å². The summed E-state index contributed by atoms with van der Waals surface area (Å²) in [6.07, 6.45) is 10.5. The van der Waals surface area contributed by atoms with E-state index in [-0.39, 0.29) is 6.04 Å². The van der Waals surface area contributed by atoms with Gasteiger partial charge in [0.1, 0.15) is 0 Å². The van der Waals surface area contributed by atoms with E-state index in [4.69, 9.17) is 4.52 Å². The molecule has 2 saturated heterocycles. The Kier molecular flexibility index (Phi) is 5.06. The molecule has 1 aromatic heterocycles. The number of aromatic nitrogens is 2. The van der Waals surface area contributed by atoms with Gasteiger partial charge in [-0.1, -0.05) is 24.9 Å². The van der Waals surface area contributed by atoms with E-state index < -0.39 is 0 Å². The number of nitrogens with zero attached hydrogens (tertiary/aromatic N) is 4. The van der Waals surface area contributed by atoms with Crippen LogP contribution in [0.4, 0.5) is 0 Å². The molecule has 6 nitrogen and oxygen atoms in total. The first-order valence-electron chi connectivity index (χ1n) is 10.1. The topological polar surface area (TPSA) is 62.5 Å². The van der Waals surface area contributed by atoms with E-state index in [0.717, 1.165) is 44.1 Å². The lowest BCUT2D eigenvalue weighted by molar-refractivity contribution is -0.139. The first kappa shape index (κ1) is 17.0. The van der Waals surface area contributed by atoms with Crippen LogP contribution >= 0.6 is 0 Å². The molecule has 25 heavy (non-hydrogen) atoms. The average molecular weight is 346 g/mol. The summed E-state index contributed by atoms with van der Waals surface area (Å²) in [6.45, 7) is 4.42. The predicted octanol–water partition coefficient (Wildman–Crippen LogP) is 2.95. The Morgan fingerprint density at radius 3 is 2.76 bits per heavy atom. The number of fused-ring (bicyclic) bond motifs is 1. The zero-order chi connectivity index (χ0) is 17.2. The number of rotatable bonds is 4. The molecule has 4 rings (SSSR count). The lowest BCUT2D eigenvalue weighted by Crippen LogP contribution is -2.52. The van der Waals surface area contributed by atoms with Crippen LogP contribution in [0.2, 0.25) is 0 Å². The van der Waals surface area contributed by atoms with Gasteiger partial charge in [-0.3, -0.25) is 9.69 Å². The summed E-state index contributed by atoms with van der Waals surface area (Å²) in [5, 5.41) is 4.15. The van der Waals surface area contributed by atoms with E-state index in [9.17, 15) is 4.79 Å². The molecule has 3 unspecified atom stereocenters. The molecule has 3 atom stereocenters. The van der Waals surface area contributed by atoms with Crippen LogP contribution < -0.4 is 0 Å². The van der Waals surface area contributed by atoms with Crippen molar-refractivity contribution in [3.05, 3.63) is 11.7 Å². The second kappa shape index (κ2) is 7.44. The predicted molar refractivity (Wildman–Crippen MR) is 93.9 cm³/mol. The number of piperidine rings is 1. The van der Waals surface area contributed by atoms with Crippen LogP contribution in [0.1, 0.15) is 76.0 Å². The lowest BCUT2D eigenvalue weighted by Gasteiger charge is -2.44. The summed E-state index contributed by atoms with van der Waals surface area (Å²) in [5.41, 5.74) is 0. The number of carbonyl (C=O) groups excluding carboxylic acids is 1.